The highest BCUT2D eigenvalue weighted by Crippen LogP contribution is 2.08. The molecule has 0 heterocycles. The second kappa shape index (κ2) is 14.1. The minimum atomic E-state index is 0.913. The van der Waals surface area contributed by atoms with Crippen LogP contribution in [0.4, 0.5) is 0 Å². The predicted molar refractivity (Wildman–Crippen MR) is 90.7 cm³/mol. The second-order valence-electron chi connectivity index (χ2n) is 5.48. The average Bonchev–Trinajstić information content (AvgIpc) is 2.41. The number of nitrogens with one attached hydrogen (secondary N) is 1. The second-order valence-corrected chi connectivity index (χ2v) is 5.87. The molecule has 0 aliphatic carbocycles. The fraction of sp³-hybridized carbons (Fsp3) is 0.938. The lowest BCUT2D eigenvalue weighted by Gasteiger charge is -2.20. The first-order chi connectivity index (χ1) is 9.22. The molecule has 114 valence electrons. The molecule has 0 radical (unpaired) electrons. The summed E-state index contributed by atoms with van der Waals surface area (Å²) in [4.78, 5) is 2.18. The van der Waals surface area contributed by atoms with Crippen LogP contribution in [0, 0.1) is 0 Å². The van der Waals surface area contributed by atoms with Crippen LogP contribution in [0.25, 0.3) is 0 Å². The summed E-state index contributed by atoms with van der Waals surface area (Å²) in [5, 5.41) is 4.23. The van der Waals surface area contributed by atoms with Crippen molar-refractivity contribution < 1.29 is 0 Å². The van der Waals surface area contributed by atoms with E-state index in [1.807, 2.05) is 0 Å². The van der Waals surface area contributed by atoms with Crippen LogP contribution in [-0.4, -0.2) is 30.1 Å². The van der Waals surface area contributed by atoms with Crippen molar-refractivity contribution in [2.45, 2.75) is 78.1 Å². The average molecular weight is 287 g/mol. The standard InChI is InChI=1S/C16H34N2S/c1-4-6-8-9-10-11-12-13-15-18(3)16(19)17-14-7-5-2/h4-15H2,1-3H3,(H,17,19). The molecule has 3 heteroatoms. The molecule has 19 heavy (non-hydrogen) atoms. The topological polar surface area (TPSA) is 15.3 Å². The zero-order valence-corrected chi connectivity index (χ0v) is 14.2. The van der Waals surface area contributed by atoms with Gasteiger partial charge in [-0.15, -0.1) is 0 Å². The third-order valence-corrected chi connectivity index (χ3v) is 3.96. The molecule has 0 unspecified atom stereocenters. The number of hydrogen-bond donors (Lipinski definition) is 1. The Labute approximate surface area is 126 Å². The normalized spacial score (nSPS) is 10.5. The number of rotatable bonds is 12. The molecule has 0 amide bonds. The van der Waals surface area contributed by atoms with Gasteiger partial charge >= 0.3 is 0 Å². The van der Waals surface area contributed by atoms with Crippen molar-refractivity contribution in [3.63, 3.8) is 0 Å². The van der Waals surface area contributed by atoms with E-state index in [0.29, 0.717) is 0 Å². The van der Waals surface area contributed by atoms with Crippen LogP contribution in [0.3, 0.4) is 0 Å². The van der Waals surface area contributed by atoms with Crippen LogP contribution in [0.1, 0.15) is 78.1 Å². The SMILES string of the molecule is CCCCCCCCCCN(C)C(=S)NCCCC. The molecule has 0 fully saturated rings. The van der Waals surface area contributed by atoms with Gasteiger partial charge in [0.1, 0.15) is 0 Å². The Morgan fingerprint density at radius 3 is 1.95 bits per heavy atom. The van der Waals surface area contributed by atoms with Gasteiger partial charge in [-0.25, -0.2) is 0 Å². The molecule has 0 aromatic rings. The summed E-state index contributed by atoms with van der Waals surface area (Å²) < 4.78 is 0. The Hall–Kier alpha value is -0.310. The Morgan fingerprint density at radius 2 is 1.37 bits per heavy atom. The van der Waals surface area contributed by atoms with Gasteiger partial charge in [-0.1, -0.05) is 65.2 Å². The van der Waals surface area contributed by atoms with Crippen LogP contribution in [0.5, 0.6) is 0 Å². The third kappa shape index (κ3) is 12.5. The van der Waals surface area contributed by atoms with Gasteiger partial charge in [-0.05, 0) is 25.1 Å². The number of nitrogens with zero attached hydrogens (tertiary/aromatic N) is 1. The Morgan fingerprint density at radius 1 is 0.842 bits per heavy atom. The van der Waals surface area contributed by atoms with E-state index in [1.165, 1.54) is 64.2 Å². The molecule has 0 spiro atoms. The van der Waals surface area contributed by atoms with E-state index in [0.717, 1.165) is 18.2 Å². The zero-order valence-electron chi connectivity index (χ0n) is 13.3. The lowest BCUT2D eigenvalue weighted by molar-refractivity contribution is 0.457. The van der Waals surface area contributed by atoms with E-state index in [-0.39, 0.29) is 0 Å². The summed E-state index contributed by atoms with van der Waals surface area (Å²) in [7, 11) is 2.10. The predicted octanol–water partition coefficient (Wildman–Crippen LogP) is 4.73. The van der Waals surface area contributed by atoms with Crippen LogP contribution >= 0.6 is 12.2 Å². The fourth-order valence-electron chi connectivity index (χ4n) is 2.09. The van der Waals surface area contributed by atoms with Gasteiger partial charge in [0.25, 0.3) is 0 Å². The highest BCUT2D eigenvalue weighted by atomic mass is 32.1. The first kappa shape index (κ1) is 18.7. The van der Waals surface area contributed by atoms with Gasteiger partial charge in [-0.2, -0.15) is 0 Å². The number of unbranched alkanes of at least 4 members (excludes halogenated alkanes) is 8. The van der Waals surface area contributed by atoms with Crippen molar-refractivity contribution in [2.24, 2.45) is 0 Å². The Balaban J connectivity index is 3.32. The van der Waals surface area contributed by atoms with Crippen molar-refractivity contribution in [3.05, 3.63) is 0 Å². The fourth-order valence-corrected chi connectivity index (χ4v) is 2.28. The van der Waals surface area contributed by atoms with Gasteiger partial charge in [0.15, 0.2) is 5.11 Å². The highest BCUT2D eigenvalue weighted by molar-refractivity contribution is 7.80. The summed E-state index contributed by atoms with van der Waals surface area (Å²) in [6, 6.07) is 0. The van der Waals surface area contributed by atoms with E-state index in [1.54, 1.807) is 0 Å². The van der Waals surface area contributed by atoms with E-state index in [9.17, 15) is 0 Å². The van der Waals surface area contributed by atoms with Crippen LogP contribution in [0.15, 0.2) is 0 Å². The number of hydrogen-bond acceptors (Lipinski definition) is 1. The lowest BCUT2D eigenvalue weighted by atomic mass is 10.1. The van der Waals surface area contributed by atoms with Crippen molar-refractivity contribution >= 4 is 17.3 Å². The molecule has 0 rings (SSSR count). The quantitative estimate of drug-likeness (QED) is 0.412. The molecule has 0 aromatic heterocycles. The van der Waals surface area contributed by atoms with Gasteiger partial charge in [-0.3, -0.25) is 0 Å². The molecule has 1 N–H and O–H groups in total. The molecule has 0 bridgehead atoms. The zero-order chi connectivity index (χ0) is 14.3. The Kier molecular flexibility index (Phi) is 13.9. The lowest BCUT2D eigenvalue weighted by Crippen LogP contribution is -2.37. The first-order valence-electron chi connectivity index (χ1n) is 8.21. The van der Waals surface area contributed by atoms with E-state index in [2.05, 4.69) is 31.1 Å². The maximum Gasteiger partial charge on any atom is 0.168 e. The van der Waals surface area contributed by atoms with Gasteiger partial charge in [0.2, 0.25) is 0 Å². The van der Waals surface area contributed by atoms with E-state index < -0.39 is 0 Å². The van der Waals surface area contributed by atoms with Gasteiger partial charge in [0.05, 0.1) is 0 Å². The van der Waals surface area contributed by atoms with Crippen molar-refractivity contribution in [1.29, 1.82) is 0 Å². The molecule has 0 saturated carbocycles. The number of thiocarbonyl (C=S) groups is 1. The van der Waals surface area contributed by atoms with E-state index >= 15 is 0 Å². The smallest absolute Gasteiger partial charge is 0.168 e. The monoisotopic (exact) mass is 286 g/mol. The molecule has 0 saturated heterocycles. The van der Waals surface area contributed by atoms with Crippen molar-refractivity contribution in [3.8, 4) is 0 Å². The highest BCUT2D eigenvalue weighted by Gasteiger charge is 2.02. The maximum atomic E-state index is 5.35. The largest absolute Gasteiger partial charge is 0.363 e. The molecule has 0 aromatic carbocycles. The molecule has 2 nitrogen and oxygen atoms in total. The van der Waals surface area contributed by atoms with Crippen LogP contribution in [0.2, 0.25) is 0 Å². The summed E-state index contributed by atoms with van der Waals surface area (Å²) in [6.07, 6.45) is 13.4. The molecule has 0 aliphatic rings. The molecule has 0 atom stereocenters. The summed E-state index contributed by atoms with van der Waals surface area (Å²) in [5.74, 6) is 0. The maximum absolute atomic E-state index is 5.35. The van der Waals surface area contributed by atoms with Crippen molar-refractivity contribution in [2.75, 3.05) is 20.1 Å². The molecular formula is C16H34N2S. The Bertz CT molecular complexity index is 207. The molecular weight excluding hydrogens is 252 g/mol. The molecule has 0 aliphatic heterocycles. The van der Waals surface area contributed by atoms with Crippen molar-refractivity contribution in [1.82, 2.24) is 10.2 Å². The van der Waals surface area contributed by atoms with Gasteiger partial charge in [0, 0.05) is 20.1 Å². The van der Waals surface area contributed by atoms with Crippen LogP contribution in [-0.2, 0) is 0 Å². The van der Waals surface area contributed by atoms with Gasteiger partial charge < -0.3 is 10.2 Å². The summed E-state index contributed by atoms with van der Waals surface area (Å²) >= 11 is 5.35. The third-order valence-electron chi connectivity index (χ3n) is 3.50. The van der Waals surface area contributed by atoms with Crippen LogP contribution < -0.4 is 5.32 Å². The summed E-state index contributed by atoms with van der Waals surface area (Å²) in [5.41, 5.74) is 0. The first-order valence-corrected chi connectivity index (χ1v) is 8.62. The summed E-state index contributed by atoms with van der Waals surface area (Å²) in [6.45, 7) is 6.58. The van der Waals surface area contributed by atoms with E-state index in [4.69, 9.17) is 12.2 Å². The minimum absolute atomic E-state index is 0.913. The minimum Gasteiger partial charge on any atom is -0.363 e.